The van der Waals surface area contributed by atoms with Gasteiger partial charge < -0.3 is 9.08 Å². The van der Waals surface area contributed by atoms with Crippen LogP contribution in [0.25, 0.3) is 11.1 Å². The minimum Gasteiger partial charge on any atom is -0.614 e. The maximum absolute atomic E-state index is 13.5. The van der Waals surface area contributed by atoms with Crippen molar-refractivity contribution in [2.45, 2.75) is 44.5 Å². The fourth-order valence-corrected chi connectivity index (χ4v) is 6.51. The van der Waals surface area contributed by atoms with Crippen LogP contribution in [0.3, 0.4) is 0 Å². The van der Waals surface area contributed by atoms with Gasteiger partial charge in [-0.25, -0.2) is 4.52 Å². The summed E-state index contributed by atoms with van der Waals surface area (Å²) >= 11 is -1.38. The second-order valence-corrected chi connectivity index (χ2v) is 9.33. The molecule has 0 amide bonds. The Balaban J connectivity index is 2.05. The second kappa shape index (κ2) is 9.40. The van der Waals surface area contributed by atoms with E-state index in [4.69, 9.17) is 9.05 Å². The zero-order valence-electron chi connectivity index (χ0n) is 15.9. The molecule has 0 fully saturated rings. The Labute approximate surface area is 165 Å². The van der Waals surface area contributed by atoms with E-state index < -0.39 is 24.4 Å². The molecule has 0 saturated heterocycles. The normalized spacial score (nSPS) is 16.6. The highest BCUT2D eigenvalue weighted by Gasteiger charge is 2.55. The Morgan fingerprint density at radius 3 is 2.07 bits per heavy atom. The van der Waals surface area contributed by atoms with Crippen LogP contribution >= 0.6 is 8.25 Å². The van der Waals surface area contributed by atoms with Gasteiger partial charge in [-0.15, -0.1) is 0 Å². The third kappa shape index (κ3) is 4.03. The van der Waals surface area contributed by atoms with Crippen molar-refractivity contribution in [3.05, 3.63) is 59.7 Å². The van der Waals surface area contributed by atoms with E-state index in [1.807, 2.05) is 55.5 Å². The molecule has 0 bridgehead atoms. The Morgan fingerprint density at radius 2 is 1.52 bits per heavy atom. The summed E-state index contributed by atoms with van der Waals surface area (Å²) in [4.78, 5) is -1.23. The number of rotatable bonds is 10. The van der Waals surface area contributed by atoms with Crippen LogP contribution in [-0.4, -0.2) is 16.9 Å². The zero-order valence-corrected chi connectivity index (χ0v) is 17.7. The molecule has 0 radical (unpaired) electrons. The number of hydrogen-bond donors (Lipinski definition) is 0. The number of benzene rings is 2. The maximum Gasteiger partial charge on any atom is 0.323 e. The van der Waals surface area contributed by atoms with E-state index in [9.17, 15) is 9.12 Å². The monoisotopic (exact) mass is 406 g/mol. The van der Waals surface area contributed by atoms with Crippen LogP contribution in [0.5, 0.6) is 0 Å². The molecule has 1 aliphatic carbocycles. The lowest BCUT2D eigenvalue weighted by molar-refractivity contribution is 0.159. The highest BCUT2D eigenvalue weighted by atomic mass is 32.2. The minimum absolute atomic E-state index is 0.384. The summed E-state index contributed by atoms with van der Waals surface area (Å²) in [7, 11) is -2.80. The van der Waals surface area contributed by atoms with Crippen LogP contribution in [0.4, 0.5) is 0 Å². The topological polar surface area (TPSA) is 58.6 Å². The number of hydrogen-bond acceptors (Lipinski definition) is 4. The molecule has 0 aliphatic heterocycles. The SMILES string of the molecule is CCCCO[PH](=O)OC1([S+]([O-])CCCC)c2ccccc2-c2ccccc21. The van der Waals surface area contributed by atoms with Crippen LogP contribution in [0, 0.1) is 0 Å². The van der Waals surface area contributed by atoms with Gasteiger partial charge in [-0.2, -0.15) is 0 Å². The van der Waals surface area contributed by atoms with Crippen molar-refractivity contribution in [3.63, 3.8) is 0 Å². The summed E-state index contributed by atoms with van der Waals surface area (Å²) < 4.78 is 37.7. The predicted octanol–water partition coefficient (Wildman–Crippen LogP) is 5.64. The van der Waals surface area contributed by atoms with E-state index in [1.54, 1.807) is 0 Å². The lowest BCUT2D eigenvalue weighted by Crippen LogP contribution is -2.38. The summed E-state index contributed by atoms with van der Waals surface area (Å²) in [5.74, 6) is 0.489. The van der Waals surface area contributed by atoms with Crippen molar-refractivity contribution in [3.8, 4) is 11.1 Å². The van der Waals surface area contributed by atoms with Crippen LogP contribution < -0.4 is 0 Å². The van der Waals surface area contributed by atoms with Crippen molar-refractivity contribution in [1.29, 1.82) is 0 Å². The Morgan fingerprint density at radius 1 is 0.963 bits per heavy atom. The van der Waals surface area contributed by atoms with E-state index in [0.717, 1.165) is 47.9 Å². The summed E-state index contributed by atoms with van der Waals surface area (Å²) in [6.45, 7) is 4.50. The highest BCUT2D eigenvalue weighted by molar-refractivity contribution is 7.92. The predicted molar refractivity (Wildman–Crippen MR) is 112 cm³/mol. The Bertz CT molecular complexity index is 750. The van der Waals surface area contributed by atoms with Crippen LogP contribution in [-0.2, 0) is 29.7 Å². The lowest BCUT2D eigenvalue weighted by Gasteiger charge is -2.33. The van der Waals surface area contributed by atoms with E-state index >= 15 is 0 Å². The third-order valence-corrected chi connectivity index (χ3v) is 7.69. The van der Waals surface area contributed by atoms with Gasteiger partial charge in [0.25, 0.3) is 4.93 Å². The molecule has 0 heterocycles. The average Bonchev–Trinajstić information content (AvgIpc) is 2.98. The first-order valence-electron chi connectivity index (χ1n) is 9.58. The van der Waals surface area contributed by atoms with Crippen LogP contribution in [0.2, 0.25) is 0 Å². The molecule has 0 aromatic heterocycles. The quantitative estimate of drug-likeness (QED) is 0.291. The molecule has 6 heteroatoms. The van der Waals surface area contributed by atoms with Crippen LogP contribution in [0.15, 0.2) is 48.5 Å². The third-order valence-electron chi connectivity index (χ3n) is 4.80. The smallest absolute Gasteiger partial charge is 0.323 e. The molecule has 2 aromatic carbocycles. The summed E-state index contributed by atoms with van der Waals surface area (Å²) in [6.07, 6.45) is 3.53. The van der Waals surface area contributed by atoms with Crippen molar-refractivity contribution in [1.82, 2.24) is 0 Å². The summed E-state index contributed by atoms with van der Waals surface area (Å²) in [5, 5.41) is 0. The van der Waals surface area contributed by atoms with Crippen LogP contribution in [0.1, 0.15) is 50.7 Å². The molecule has 0 saturated carbocycles. The van der Waals surface area contributed by atoms with Crippen molar-refractivity contribution in [2.24, 2.45) is 0 Å². The minimum atomic E-state index is -2.80. The van der Waals surface area contributed by atoms with E-state index in [0.29, 0.717) is 12.4 Å². The Hall–Kier alpha value is -1.10. The van der Waals surface area contributed by atoms with Gasteiger partial charge in [0.1, 0.15) is 5.75 Å². The number of unbranched alkanes of at least 4 members (excludes halogenated alkanes) is 2. The van der Waals surface area contributed by atoms with Gasteiger partial charge in [0, 0.05) is 11.1 Å². The molecule has 0 N–H and O–H groups in total. The summed E-state index contributed by atoms with van der Waals surface area (Å²) in [5.41, 5.74) is 3.61. The van der Waals surface area contributed by atoms with Crippen molar-refractivity contribution in [2.75, 3.05) is 12.4 Å². The first kappa shape index (κ1) is 20.6. The molecule has 4 nitrogen and oxygen atoms in total. The standard InChI is InChI=1S/C21H27O4PS/c1-3-5-15-24-26(22)25-21(27(23)16-6-4-2)19-13-9-7-11-17(19)18-12-8-10-14-20(18)21/h7-14,26H,3-6,15-16H2,1-2H3. The van der Waals surface area contributed by atoms with Gasteiger partial charge in [-0.05, 0) is 35.1 Å². The van der Waals surface area contributed by atoms with E-state index in [-0.39, 0.29) is 0 Å². The van der Waals surface area contributed by atoms with Crippen molar-refractivity contribution >= 4 is 19.4 Å². The average molecular weight is 406 g/mol. The number of fused-ring (bicyclic) bond motifs is 3. The van der Waals surface area contributed by atoms with Gasteiger partial charge in [0.2, 0.25) is 0 Å². The first-order valence-corrected chi connectivity index (χ1v) is 12.1. The fourth-order valence-electron chi connectivity index (χ4n) is 3.42. The second-order valence-electron chi connectivity index (χ2n) is 6.67. The van der Waals surface area contributed by atoms with Crippen molar-refractivity contribution < 1.29 is 18.2 Å². The molecule has 2 aromatic rings. The molecule has 0 spiro atoms. The maximum atomic E-state index is 13.5. The zero-order chi connectivity index (χ0) is 19.3. The van der Waals surface area contributed by atoms with Gasteiger partial charge in [-0.3, -0.25) is 4.57 Å². The molecular formula is C21H27O4PS. The Kier molecular flexibility index (Phi) is 7.18. The molecule has 146 valence electrons. The summed E-state index contributed by atoms with van der Waals surface area (Å²) in [6, 6.07) is 15.6. The lowest BCUT2D eigenvalue weighted by atomic mass is 10.1. The molecule has 2 unspecified atom stereocenters. The first-order chi connectivity index (χ1) is 13.1. The molecule has 1 aliphatic rings. The highest BCUT2D eigenvalue weighted by Crippen LogP contribution is 2.56. The fraction of sp³-hybridized carbons (Fsp3) is 0.429. The molecule has 2 atom stereocenters. The van der Waals surface area contributed by atoms with Gasteiger partial charge in [-0.1, -0.05) is 75.2 Å². The largest absolute Gasteiger partial charge is 0.614 e. The van der Waals surface area contributed by atoms with E-state index in [1.165, 1.54) is 0 Å². The van der Waals surface area contributed by atoms with Gasteiger partial charge in [0.15, 0.2) is 0 Å². The molecular weight excluding hydrogens is 379 g/mol. The van der Waals surface area contributed by atoms with Gasteiger partial charge >= 0.3 is 8.25 Å². The van der Waals surface area contributed by atoms with Gasteiger partial charge in [0.05, 0.1) is 6.61 Å². The van der Waals surface area contributed by atoms with E-state index in [2.05, 4.69) is 6.92 Å². The molecule has 27 heavy (non-hydrogen) atoms. The molecule has 3 rings (SSSR count).